The lowest BCUT2D eigenvalue weighted by molar-refractivity contribution is 0.405. The Morgan fingerprint density at radius 3 is 3.05 bits per heavy atom. The van der Waals surface area contributed by atoms with Gasteiger partial charge in [0.25, 0.3) is 0 Å². The summed E-state index contributed by atoms with van der Waals surface area (Å²) in [6.45, 7) is 4.61. The Hall–Kier alpha value is -1.77. The second-order valence-corrected chi connectivity index (χ2v) is 5.46. The van der Waals surface area contributed by atoms with Crippen LogP contribution in [0.5, 0.6) is 0 Å². The van der Waals surface area contributed by atoms with Crippen molar-refractivity contribution in [2.24, 2.45) is 5.92 Å². The minimum absolute atomic E-state index is 0.816. The molecule has 3 heteroatoms. The fraction of sp³-hybridized carbons (Fsp3) is 0.438. The molecule has 1 aliphatic rings. The minimum atomic E-state index is 0.816. The van der Waals surface area contributed by atoms with E-state index in [1.54, 1.807) is 0 Å². The number of nitrogens with zero attached hydrogens (tertiary/aromatic N) is 2. The van der Waals surface area contributed by atoms with E-state index in [1.807, 2.05) is 18.5 Å². The molecule has 1 fully saturated rings. The number of hydrogen-bond acceptors (Lipinski definition) is 3. The van der Waals surface area contributed by atoms with Crippen LogP contribution in [0.2, 0.25) is 0 Å². The molecule has 1 aromatic carbocycles. The molecule has 0 spiro atoms. The number of nitrogens with two attached hydrogens (primary N) is 1. The molecule has 0 aliphatic carbocycles. The third-order valence-corrected chi connectivity index (χ3v) is 4.27. The Bertz CT molecular complexity index is 579. The van der Waals surface area contributed by atoms with Crippen molar-refractivity contribution in [3.63, 3.8) is 0 Å². The van der Waals surface area contributed by atoms with E-state index in [9.17, 15) is 0 Å². The summed E-state index contributed by atoms with van der Waals surface area (Å²) in [6, 6.07) is 6.25. The van der Waals surface area contributed by atoms with Crippen LogP contribution in [0.1, 0.15) is 26.2 Å². The number of benzene rings is 1. The predicted molar refractivity (Wildman–Crippen MR) is 81.4 cm³/mol. The molecule has 1 aromatic heterocycles. The fourth-order valence-electron chi connectivity index (χ4n) is 3.09. The molecule has 1 saturated heterocycles. The van der Waals surface area contributed by atoms with E-state index in [0.717, 1.165) is 30.1 Å². The van der Waals surface area contributed by atoms with Crippen LogP contribution in [0, 0.1) is 5.92 Å². The molecule has 3 rings (SSSR count). The summed E-state index contributed by atoms with van der Waals surface area (Å²) >= 11 is 0. The molecule has 2 aromatic rings. The molecule has 3 nitrogen and oxygen atoms in total. The van der Waals surface area contributed by atoms with Gasteiger partial charge in [-0.3, -0.25) is 4.98 Å². The molecule has 19 heavy (non-hydrogen) atoms. The summed E-state index contributed by atoms with van der Waals surface area (Å²) in [5.41, 5.74) is 8.18. The van der Waals surface area contributed by atoms with Gasteiger partial charge < -0.3 is 10.6 Å². The summed E-state index contributed by atoms with van der Waals surface area (Å²) < 4.78 is 0. The number of aromatic nitrogens is 1. The average Bonchev–Trinajstić information content (AvgIpc) is 2.48. The lowest BCUT2D eigenvalue weighted by Crippen LogP contribution is -2.35. The van der Waals surface area contributed by atoms with E-state index < -0.39 is 0 Å². The summed E-state index contributed by atoms with van der Waals surface area (Å²) in [4.78, 5) is 6.71. The number of piperidine rings is 1. The molecule has 2 heterocycles. The highest BCUT2D eigenvalue weighted by Crippen LogP contribution is 2.33. The van der Waals surface area contributed by atoms with Crippen LogP contribution >= 0.6 is 0 Å². The minimum Gasteiger partial charge on any atom is -0.398 e. The van der Waals surface area contributed by atoms with Gasteiger partial charge in [0.05, 0.1) is 0 Å². The molecule has 0 amide bonds. The van der Waals surface area contributed by atoms with E-state index in [0.29, 0.717) is 0 Å². The van der Waals surface area contributed by atoms with E-state index in [-0.39, 0.29) is 0 Å². The van der Waals surface area contributed by atoms with Gasteiger partial charge in [0, 0.05) is 47.6 Å². The van der Waals surface area contributed by atoms with Gasteiger partial charge in [-0.05, 0) is 37.0 Å². The fourth-order valence-corrected chi connectivity index (χ4v) is 3.09. The van der Waals surface area contributed by atoms with Gasteiger partial charge in [-0.25, -0.2) is 0 Å². The molecule has 0 radical (unpaired) electrons. The zero-order valence-corrected chi connectivity index (χ0v) is 11.5. The topological polar surface area (TPSA) is 42.1 Å². The molecule has 2 N–H and O–H groups in total. The van der Waals surface area contributed by atoms with Crippen molar-refractivity contribution in [3.8, 4) is 0 Å². The number of rotatable bonds is 2. The monoisotopic (exact) mass is 255 g/mol. The Balaban J connectivity index is 2.03. The maximum Gasteiger partial charge on any atom is 0.0448 e. The van der Waals surface area contributed by atoms with Crippen LogP contribution in [-0.2, 0) is 0 Å². The highest BCUT2D eigenvalue weighted by atomic mass is 15.1. The third-order valence-electron chi connectivity index (χ3n) is 4.27. The van der Waals surface area contributed by atoms with Crippen LogP contribution in [0.3, 0.4) is 0 Å². The lowest BCUT2D eigenvalue weighted by Gasteiger charge is -2.34. The number of fused-ring (bicyclic) bond motifs is 1. The van der Waals surface area contributed by atoms with Gasteiger partial charge in [0.1, 0.15) is 0 Å². The highest BCUT2D eigenvalue weighted by molar-refractivity contribution is 6.00. The van der Waals surface area contributed by atoms with Crippen molar-refractivity contribution in [1.29, 1.82) is 0 Å². The van der Waals surface area contributed by atoms with Crippen LogP contribution < -0.4 is 10.6 Å². The molecule has 1 atom stereocenters. The van der Waals surface area contributed by atoms with Gasteiger partial charge in [-0.1, -0.05) is 13.3 Å². The van der Waals surface area contributed by atoms with Crippen LogP contribution in [0.15, 0.2) is 30.6 Å². The van der Waals surface area contributed by atoms with Crippen LogP contribution in [0.4, 0.5) is 11.4 Å². The van der Waals surface area contributed by atoms with Gasteiger partial charge >= 0.3 is 0 Å². The number of hydrogen-bond donors (Lipinski definition) is 1. The first kappa shape index (κ1) is 12.3. The van der Waals surface area contributed by atoms with Crippen molar-refractivity contribution < 1.29 is 0 Å². The number of nitrogen functional groups attached to an aromatic ring is 1. The summed E-state index contributed by atoms with van der Waals surface area (Å²) in [5.74, 6) is 0.822. The Labute approximate surface area is 114 Å². The summed E-state index contributed by atoms with van der Waals surface area (Å²) in [6.07, 6.45) is 7.64. The quantitative estimate of drug-likeness (QED) is 0.836. The van der Waals surface area contributed by atoms with E-state index in [4.69, 9.17) is 5.73 Å². The number of pyridine rings is 1. The SMILES string of the molecule is CCC1CCCN(c2ccc(N)c3cnccc23)C1. The molecule has 0 bridgehead atoms. The van der Waals surface area contributed by atoms with Crippen LogP contribution in [-0.4, -0.2) is 18.1 Å². The maximum atomic E-state index is 6.05. The standard InChI is InChI=1S/C16H21N3/c1-2-12-4-3-9-19(11-12)16-6-5-15(17)14-10-18-8-7-13(14)16/h5-8,10,12H,2-4,9,11,17H2,1H3. The van der Waals surface area contributed by atoms with E-state index >= 15 is 0 Å². The van der Waals surface area contributed by atoms with Crippen molar-refractivity contribution in [1.82, 2.24) is 4.98 Å². The third kappa shape index (κ3) is 2.25. The highest BCUT2D eigenvalue weighted by Gasteiger charge is 2.20. The normalized spacial score (nSPS) is 19.8. The first-order valence-electron chi connectivity index (χ1n) is 7.16. The Morgan fingerprint density at radius 1 is 1.32 bits per heavy atom. The smallest absolute Gasteiger partial charge is 0.0448 e. The largest absolute Gasteiger partial charge is 0.398 e. The lowest BCUT2D eigenvalue weighted by atomic mass is 9.94. The number of anilines is 2. The van der Waals surface area contributed by atoms with Gasteiger partial charge in [-0.15, -0.1) is 0 Å². The van der Waals surface area contributed by atoms with Gasteiger partial charge in [0.15, 0.2) is 0 Å². The Morgan fingerprint density at radius 2 is 2.21 bits per heavy atom. The van der Waals surface area contributed by atoms with Crippen molar-refractivity contribution in [3.05, 3.63) is 30.6 Å². The van der Waals surface area contributed by atoms with Crippen molar-refractivity contribution >= 4 is 22.1 Å². The molecule has 100 valence electrons. The van der Waals surface area contributed by atoms with E-state index in [1.165, 1.54) is 30.3 Å². The molecule has 0 saturated carbocycles. The first-order valence-corrected chi connectivity index (χ1v) is 7.16. The first-order chi connectivity index (χ1) is 9.29. The molecule has 1 unspecified atom stereocenters. The zero-order chi connectivity index (χ0) is 13.2. The predicted octanol–water partition coefficient (Wildman–Crippen LogP) is 3.44. The van der Waals surface area contributed by atoms with Crippen molar-refractivity contribution in [2.75, 3.05) is 23.7 Å². The van der Waals surface area contributed by atoms with Gasteiger partial charge in [0.2, 0.25) is 0 Å². The Kier molecular flexibility index (Phi) is 3.28. The second-order valence-electron chi connectivity index (χ2n) is 5.46. The zero-order valence-electron chi connectivity index (χ0n) is 11.5. The van der Waals surface area contributed by atoms with Crippen molar-refractivity contribution in [2.45, 2.75) is 26.2 Å². The van der Waals surface area contributed by atoms with Gasteiger partial charge in [-0.2, -0.15) is 0 Å². The maximum absolute atomic E-state index is 6.05. The van der Waals surface area contributed by atoms with Crippen LogP contribution in [0.25, 0.3) is 10.8 Å². The summed E-state index contributed by atoms with van der Waals surface area (Å²) in [5, 5.41) is 2.30. The molecule has 1 aliphatic heterocycles. The molecular formula is C16H21N3. The average molecular weight is 255 g/mol. The second kappa shape index (κ2) is 5.08. The summed E-state index contributed by atoms with van der Waals surface area (Å²) in [7, 11) is 0. The van der Waals surface area contributed by atoms with E-state index in [2.05, 4.69) is 28.9 Å². The molecular weight excluding hydrogens is 234 g/mol.